The molecule has 0 aromatic heterocycles. The van der Waals surface area contributed by atoms with Crippen molar-refractivity contribution in [3.8, 4) is 0 Å². The summed E-state index contributed by atoms with van der Waals surface area (Å²) in [6, 6.07) is 8.86. The molecule has 0 fully saturated rings. The van der Waals surface area contributed by atoms with Crippen LogP contribution in [-0.2, 0) is 0 Å². The molecule has 0 aliphatic rings. The Kier molecular flexibility index (Phi) is 5.01. The first-order valence-electron chi connectivity index (χ1n) is 4.89. The SMILES string of the molecule is CCNC(CN)c1ccc(SC)cc1. The van der Waals surface area contributed by atoms with E-state index in [4.69, 9.17) is 5.73 Å². The van der Waals surface area contributed by atoms with E-state index in [0.717, 1.165) is 6.54 Å². The Bertz CT molecular complexity index is 258. The molecule has 1 unspecified atom stereocenters. The Balaban J connectivity index is 2.73. The van der Waals surface area contributed by atoms with Gasteiger partial charge in [-0.05, 0) is 30.5 Å². The third-order valence-electron chi connectivity index (χ3n) is 2.20. The Labute approximate surface area is 90.3 Å². The molecule has 1 atom stereocenters. The average molecular weight is 210 g/mol. The molecular weight excluding hydrogens is 192 g/mol. The summed E-state index contributed by atoms with van der Waals surface area (Å²) in [6.45, 7) is 3.69. The minimum absolute atomic E-state index is 0.288. The molecule has 1 aromatic carbocycles. The highest BCUT2D eigenvalue weighted by atomic mass is 32.2. The van der Waals surface area contributed by atoms with Crippen LogP contribution in [0, 0.1) is 0 Å². The first-order chi connectivity index (χ1) is 6.81. The molecule has 0 spiro atoms. The largest absolute Gasteiger partial charge is 0.329 e. The van der Waals surface area contributed by atoms with E-state index in [1.54, 1.807) is 11.8 Å². The minimum atomic E-state index is 0.288. The van der Waals surface area contributed by atoms with E-state index in [2.05, 4.69) is 42.8 Å². The van der Waals surface area contributed by atoms with Gasteiger partial charge in [0.05, 0.1) is 0 Å². The fourth-order valence-corrected chi connectivity index (χ4v) is 1.83. The highest BCUT2D eigenvalue weighted by Gasteiger charge is 2.06. The molecule has 3 heteroatoms. The third-order valence-corrected chi connectivity index (χ3v) is 2.95. The number of likely N-dealkylation sites (N-methyl/N-ethyl adjacent to an activating group) is 1. The van der Waals surface area contributed by atoms with Crippen LogP contribution in [0.25, 0.3) is 0 Å². The summed E-state index contributed by atoms with van der Waals surface area (Å²) in [5.41, 5.74) is 6.96. The van der Waals surface area contributed by atoms with Crippen LogP contribution in [0.4, 0.5) is 0 Å². The second-order valence-electron chi connectivity index (χ2n) is 3.12. The molecule has 0 radical (unpaired) electrons. The molecular formula is C11H18N2S. The van der Waals surface area contributed by atoms with Crippen LogP contribution >= 0.6 is 11.8 Å². The summed E-state index contributed by atoms with van der Waals surface area (Å²) in [6.07, 6.45) is 2.08. The first-order valence-corrected chi connectivity index (χ1v) is 6.11. The predicted octanol–water partition coefficient (Wildman–Crippen LogP) is 2.02. The second-order valence-corrected chi connectivity index (χ2v) is 4.00. The Morgan fingerprint density at radius 2 is 2.00 bits per heavy atom. The van der Waals surface area contributed by atoms with Gasteiger partial charge in [-0.1, -0.05) is 19.1 Å². The van der Waals surface area contributed by atoms with Crippen LogP contribution in [0.15, 0.2) is 29.2 Å². The maximum absolute atomic E-state index is 5.69. The van der Waals surface area contributed by atoms with Crippen LogP contribution in [0.2, 0.25) is 0 Å². The lowest BCUT2D eigenvalue weighted by Crippen LogP contribution is -2.27. The summed E-state index contributed by atoms with van der Waals surface area (Å²) in [4.78, 5) is 1.29. The van der Waals surface area contributed by atoms with E-state index in [9.17, 15) is 0 Å². The van der Waals surface area contributed by atoms with Crippen molar-refractivity contribution < 1.29 is 0 Å². The molecule has 0 saturated heterocycles. The zero-order chi connectivity index (χ0) is 10.4. The summed E-state index contributed by atoms with van der Waals surface area (Å²) in [5, 5.41) is 3.35. The van der Waals surface area contributed by atoms with Crippen molar-refractivity contribution in [1.82, 2.24) is 5.32 Å². The van der Waals surface area contributed by atoms with Crippen molar-refractivity contribution >= 4 is 11.8 Å². The standard InChI is InChI=1S/C11H18N2S/c1-3-13-11(8-12)9-4-6-10(14-2)7-5-9/h4-7,11,13H,3,8,12H2,1-2H3. The molecule has 78 valence electrons. The van der Waals surface area contributed by atoms with Crippen LogP contribution in [0.3, 0.4) is 0 Å². The van der Waals surface area contributed by atoms with Crippen molar-refractivity contribution in [3.05, 3.63) is 29.8 Å². The van der Waals surface area contributed by atoms with Crippen LogP contribution in [-0.4, -0.2) is 19.3 Å². The van der Waals surface area contributed by atoms with Gasteiger partial charge in [-0.15, -0.1) is 11.8 Å². The van der Waals surface area contributed by atoms with Crippen molar-refractivity contribution in [1.29, 1.82) is 0 Å². The van der Waals surface area contributed by atoms with E-state index >= 15 is 0 Å². The van der Waals surface area contributed by atoms with Gasteiger partial charge in [-0.2, -0.15) is 0 Å². The molecule has 1 rings (SSSR count). The summed E-state index contributed by atoms with van der Waals surface area (Å²) in [7, 11) is 0. The van der Waals surface area contributed by atoms with Gasteiger partial charge in [-0.3, -0.25) is 0 Å². The molecule has 14 heavy (non-hydrogen) atoms. The number of hydrogen-bond acceptors (Lipinski definition) is 3. The van der Waals surface area contributed by atoms with Crippen molar-refractivity contribution in [2.75, 3.05) is 19.3 Å². The van der Waals surface area contributed by atoms with E-state index in [1.165, 1.54) is 10.5 Å². The van der Waals surface area contributed by atoms with Gasteiger partial charge in [0.2, 0.25) is 0 Å². The van der Waals surface area contributed by atoms with Crippen molar-refractivity contribution in [2.45, 2.75) is 17.9 Å². The fraction of sp³-hybridized carbons (Fsp3) is 0.455. The highest BCUT2D eigenvalue weighted by Crippen LogP contribution is 2.18. The van der Waals surface area contributed by atoms with Gasteiger partial charge < -0.3 is 11.1 Å². The number of benzene rings is 1. The van der Waals surface area contributed by atoms with Crippen molar-refractivity contribution in [3.63, 3.8) is 0 Å². The molecule has 0 heterocycles. The van der Waals surface area contributed by atoms with E-state index in [0.29, 0.717) is 6.54 Å². The zero-order valence-electron chi connectivity index (χ0n) is 8.79. The van der Waals surface area contributed by atoms with E-state index in [-0.39, 0.29) is 6.04 Å². The summed E-state index contributed by atoms with van der Waals surface area (Å²) in [5.74, 6) is 0. The summed E-state index contributed by atoms with van der Waals surface area (Å²) >= 11 is 1.76. The number of nitrogens with one attached hydrogen (secondary N) is 1. The number of nitrogens with two attached hydrogens (primary N) is 1. The fourth-order valence-electron chi connectivity index (χ4n) is 1.42. The van der Waals surface area contributed by atoms with Gasteiger partial charge >= 0.3 is 0 Å². The maximum atomic E-state index is 5.69. The Morgan fingerprint density at radius 3 is 2.43 bits per heavy atom. The summed E-state index contributed by atoms with van der Waals surface area (Å²) < 4.78 is 0. The molecule has 0 aliphatic carbocycles. The molecule has 2 nitrogen and oxygen atoms in total. The lowest BCUT2D eigenvalue weighted by Gasteiger charge is -2.16. The normalized spacial score (nSPS) is 12.8. The lowest BCUT2D eigenvalue weighted by molar-refractivity contribution is 0.561. The molecule has 3 N–H and O–H groups in total. The topological polar surface area (TPSA) is 38.0 Å². The Morgan fingerprint density at radius 1 is 1.36 bits per heavy atom. The number of thioether (sulfide) groups is 1. The quantitative estimate of drug-likeness (QED) is 0.730. The van der Waals surface area contributed by atoms with E-state index in [1.807, 2.05) is 0 Å². The zero-order valence-corrected chi connectivity index (χ0v) is 9.60. The highest BCUT2D eigenvalue weighted by molar-refractivity contribution is 7.98. The van der Waals surface area contributed by atoms with Crippen LogP contribution < -0.4 is 11.1 Å². The lowest BCUT2D eigenvalue weighted by atomic mass is 10.1. The third kappa shape index (κ3) is 3.01. The van der Waals surface area contributed by atoms with Gasteiger partial charge in [-0.25, -0.2) is 0 Å². The average Bonchev–Trinajstić information content (AvgIpc) is 2.26. The second kappa shape index (κ2) is 6.06. The predicted molar refractivity (Wildman–Crippen MR) is 63.7 cm³/mol. The molecule has 0 saturated carbocycles. The van der Waals surface area contributed by atoms with Crippen LogP contribution in [0.1, 0.15) is 18.5 Å². The van der Waals surface area contributed by atoms with Gasteiger partial charge in [0.1, 0.15) is 0 Å². The smallest absolute Gasteiger partial charge is 0.0444 e. The van der Waals surface area contributed by atoms with Gasteiger partial charge in [0.15, 0.2) is 0 Å². The van der Waals surface area contributed by atoms with Crippen molar-refractivity contribution in [2.24, 2.45) is 5.73 Å². The number of rotatable bonds is 5. The molecule has 0 aliphatic heterocycles. The van der Waals surface area contributed by atoms with Gasteiger partial charge in [0.25, 0.3) is 0 Å². The Hall–Kier alpha value is -0.510. The van der Waals surface area contributed by atoms with E-state index < -0.39 is 0 Å². The maximum Gasteiger partial charge on any atom is 0.0444 e. The molecule has 0 bridgehead atoms. The van der Waals surface area contributed by atoms with Crippen LogP contribution in [0.5, 0.6) is 0 Å². The van der Waals surface area contributed by atoms with Gasteiger partial charge in [0, 0.05) is 17.5 Å². The number of hydrogen-bond donors (Lipinski definition) is 2. The molecule has 0 amide bonds. The first kappa shape index (κ1) is 11.6. The minimum Gasteiger partial charge on any atom is -0.329 e. The monoisotopic (exact) mass is 210 g/mol. The molecule has 1 aromatic rings.